The number of para-hydroxylation sites is 2. The summed E-state index contributed by atoms with van der Waals surface area (Å²) < 4.78 is 2.06. The standard InChI is InChI=1S/C18H20N4/c1-4-7-13-10-17(20-12(2)3)22-16-9-6-5-8-15(16)21-18(22)14(13)11-19/h5-6,8-10,12,20H,4,7H2,1-3H3. The van der Waals surface area contributed by atoms with Crippen LogP contribution >= 0.6 is 0 Å². The number of rotatable bonds is 4. The summed E-state index contributed by atoms with van der Waals surface area (Å²) in [6.45, 7) is 6.36. The van der Waals surface area contributed by atoms with E-state index in [-0.39, 0.29) is 0 Å². The summed E-state index contributed by atoms with van der Waals surface area (Å²) >= 11 is 0. The first-order valence-electron chi connectivity index (χ1n) is 7.75. The number of nitriles is 1. The van der Waals surface area contributed by atoms with Crippen molar-refractivity contribution in [2.24, 2.45) is 0 Å². The lowest BCUT2D eigenvalue weighted by Crippen LogP contribution is -2.14. The molecule has 0 radical (unpaired) electrons. The summed E-state index contributed by atoms with van der Waals surface area (Å²) in [5.41, 5.74) is 4.45. The van der Waals surface area contributed by atoms with Crippen LogP contribution in [0.15, 0.2) is 30.3 Å². The minimum Gasteiger partial charge on any atom is -0.369 e. The number of aromatic nitrogens is 2. The second kappa shape index (κ2) is 5.69. The molecule has 112 valence electrons. The van der Waals surface area contributed by atoms with E-state index < -0.39 is 0 Å². The van der Waals surface area contributed by atoms with Gasteiger partial charge in [0.15, 0.2) is 5.65 Å². The van der Waals surface area contributed by atoms with Crippen LogP contribution in [0.25, 0.3) is 16.7 Å². The number of nitrogens with one attached hydrogen (secondary N) is 1. The quantitative estimate of drug-likeness (QED) is 0.786. The van der Waals surface area contributed by atoms with Crippen LogP contribution in [0.2, 0.25) is 0 Å². The maximum atomic E-state index is 9.62. The Bertz CT molecular complexity index is 868. The monoisotopic (exact) mass is 292 g/mol. The van der Waals surface area contributed by atoms with Crippen molar-refractivity contribution in [1.82, 2.24) is 9.38 Å². The molecule has 0 saturated heterocycles. The Hall–Kier alpha value is -2.54. The van der Waals surface area contributed by atoms with Gasteiger partial charge in [0.05, 0.1) is 16.6 Å². The molecule has 0 aliphatic carbocycles. The van der Waals surface area contributed by atoms with Crippen LogP contribution in [0, 0.1) is 11.3 Å². The number of pyridine rings is 1. The molecule has 0 amide bonds. The van der Waals surface area contributed by atoms with Crippen LogP contribution in [-0.4, -0.2) is 15.4 Å². The molecule has 0 bridgehead atoms. The van der Waals surface area contributed by atoms with Gasteiger partial charge in [0.25, 0.3) is 0 Å². The number of imidazole rings is 1. The highest BCUT2D eigenvalue weighted by Crippen LogP contribution is 2.27. The van der Waals surface area contributed by atoms with Gasteiger partial charge in [0, 0.05) is 6.04 Å². The first-order chi connectivity index (χ1) is 10.7. The molecule has 3 aromatic rings. The number of hydrogen-bond donors (Lipinski definition) is 1. The molecule has 2 aromatic heterocycles. The summed E-state index contributed by atoms with van der Waals surface area (Å²) in [5, 5.41) is 13.1. The van der Waals surface area contributed by atoms with E-state index in [1.54, 1.807) is 0 Å². The highest BCUT2D eigenvalue weighted by molar-refractivity contribution is 5.85. The number of anilines is 1. The normalized spacial score (nSPS) is 11.2. The smallest absolute Gasteiger partial charge is 0.157 e. The maximum Gasteiger partial charge on any atom is 0.157 e. The van der Waals surface area contributed by atoms with Gasteiger partial charge in [-0.2, -0.15) is 5.26 Å². The van der Waals surface area contributed by atoms with Crippen LogP contribution in [0.4, 0.5) is 5.82 Å². The van der Waals surface area contributed by atoms with E-state index in [9.17, 15) is 5.26 Å². The molecular formula is C18H20N4. The van der Waals surface area contributed by atoms with E-state index in [1.165, 1.54) is 0 Å². The Morgan fingerprint density at radius 1 is 1.32 bits per heavy atom. The Kier molecular flexibility index (Phi) is 3.72. The minimum absolute atomic E-state index is 0.312. The predicted octanol–water partition coefficient (Wildman–Crippen LogP) is 4.13. The van der Waals surface area contributed by atoms with Gasteiger partial charge in [-0.05, 0) is 44.0 Å². The van der Waals surface area contributed by atoms with Crippen LogP contribution in [0.3, 0.4) is 0 Å². The number of nitrogens with zero attached hydrogens (tertiary/aromatic N) is 3. The number of benzene rings is 1. The molecule has 3 rings (SSSR count). The van der Waals surface area contributed by atoms with E-state index in [0.717, 1.165) is 40.9 Å². The molecule has 0 saturated carbocycles. The average Bonchev–Trinajstić information content (AvgIpc) is 2.86. The second-order valence-electron chi connectivity index (χ2n) is 5.85. The van der Waals surface area contributed by atoms with Crippen LogP contribution in [0.1, 0.15) is 38.3 Å². The van der Waals surface area contributed by atoms with Crippen molar-refractivity contribution in [3.05, 3.63) is 41.5 Å². The Balaban J connectivity index is 2.42. The highest BCUT2D eigenvalue weighted by atomic mass is 15.1. The van der Waals surface area contributed by atoms with Gasteiger partial charge in [0.2, 0.25) is 0 Å². The minimum atomic E-state index is 0.312. The second-order valence-corrected chi connectivity index (χ2v) is 5.85. The molecule has 4 heteroatoms. The highest BCUT2D eigenvalue weighted by Gasteiger charge is 2.16. The fourth-order valence-electron chi connectivity index (χ4n) is 2.87. The van der Waals surface area contributed by atoms with Crippen molar-refractivity contribution in [3.8, 4) is 6.07 Å². The zero-order chi connectivity index (χ0) is 15.7. The van der Waals surface area contributed by atoms with E-state index in [0.29, 0.717) is 11.6 Å². The van der Waals surface area contributed by atoms with Crippen molar-refractivity contribution in [2.45, 2.75) is 39.7 Å². The molecule has 1 aromatic carbocycles. The van der Waals surface area contributed by atoms with Gasteiger partial charge in [0.1, 0.15) is 11.9 Å². The SMILES string of the molecule is CCCc1cc(NC(C)C)n2c(nc3ccccc32)c1C#N. The fraction of sp³-hybridized carbons (Fsp3) is 0.333. The molecule has 0 aliphatic rings. The van der Waals surface area contributed by atoms with Crippen molar-refractivity contribution in [1.29, 1.82) is 5.26 Å². The average molecular weight is 292 g/mol. The Morgan fingerprint density at radius 3 is 2.77 bits per heavy atom. The van der Waals surface area contributed by atoms with Crippen molar-refractivity contribution in [3.63, 3.8) is 0 Å². The third kappa shape index (κ3) is 2.29. The molecule has 0 spiro atoms. The lowest BCUT2D eigenvalue weighted by atomic mass is 10.1. The van der Waals surface area contributed by atoms with E-state index in [2.05, 4.69) is 42.6 Å². The van der Waals surface area contributed by atoms with E-state index in [1.807, 2.05) is 24.3 Å². The summed E-state index contributed by atoms with van der Waals surface area (Å²) in [4.78, 5) is 4.70. The van der Waals surface area contributed by atoms with Crippen molar-refractivity contribution >= 4 is 22.5 Å². The zero-order valence-corrected chi connectivity index (χ0v) is 13.2. The van der Waals surface area contributed by atoms with Gasteiger partial charge in [-0.3, -0.25) is 4.40 Å². The van der Waals surface area contributed by atoms with Crippen molar-refractivity contribution in [2.75, 3.05) is 5.32 Å². The molecule has 0 fully saturated rings. The number of hydrogen-bond acceptors (Lipinski definition) is 3. The third-order valence-corrected chi connectivity index (χ3v) is 3.73. The molecule has 0 unspecified atom stereocenters. The first kappa shape index (κ1) is 14.4. The largest absolute Gasteiger partial charge is 0.369 e. The van der Waals surface area contributed by atoms with Crippen LogP contribution < -0.4 is 5.32 Å². The Labute approximate surface area is 130 Å². The number of fused-ring (bicyclic) bond motifs is 3. The summed E-state index contributed by atoms with van der Waals surface area (Å²) in [6.07, 6.45) is 1.89. The molecule has 0 aliphatic heterocycles. The van der Waals surface area contributed by atoms with Gasteiger partial charge >= 0.3 is 0 Å². The fourth-order valence-corrected chi connectivity index (χ4v) is 2.87. The van der Waals surface area contributed by atoms with Crippen LogP contribution in [-0.2, 0) is 6.42 Å². The number of aryl methyl sites for hydroxylation is 1. The molecular weight excluding hydrogens is 272 g/mol. The molecule has 1 N–H and O–H groups in total. The molecule has 4 nitrogen and oxygen atoms in total. The molecule has 0 atom stereocenters. The summed E-state index contributed by atoms with van der Waals surface area (Å²) in [5.74, 6) is 1.00. The van der Waals surface area contributed by atoms with E-state index >= 15 is 0 Å². The van der Waals surface area contributed by atoms with Gasteiger partial charge < -0.3 is 5.32 Å². The Morgan fingerprint density at radius 2 is 2.09 bits per heavy atom. The predicted molar refractivity (Wildman–Crippen MR) is 90.2 cm³/mol. The summed E-state index contributed by atoms with van der Waals surface area (Å²) in [7, 11) is 0. The lowest BCUT2D eigenvalue weighted by molar-refractivity contribution is 0.876. The third-order valence-electron chi connectivity index (χ3n) is 3.73. The van der Waals surface area contributed by atoms with Gasteiger partial charge in [-0.15, -0.1) is 0 Å². The molecule has 2 heterocycles. The van der Waals surface area contributed by atoms with Crippen molar-refractivity contribution < 1.29 is 0 Å². The topological polar surface area (TPSA) is 53.1 Å². The van der Waals surface area contributed by atoms with Gasteiger partial charge in [-0.25, -0.2) is 4.98 Å². The molecule has 22 heavy (non-hydrogen) atoms. The lowest BCUT2D eigenvalue weighted by Gasteiger charge is -2.15. The van der Waals surface area contributed by atoms with Gasteiger partial charge in [-0.1, -0.05) is 25.5 Å². The van der Waals surface area contributed by atoms with E-state index in [4.69, 9.17) is 4.98 Å². The summed E-state index contributed by atoms with van der Waals surface area (Å²) in [6, 6.07) is 12.8. The first-order valence-corrected chi connectivity index (χ1v) is 7.75. The van der Waals surface area contributed by atoms with Crippen LogP contribution in [0.5, 0.6) is 0 Å². The maximum absolute atomic E-state index is 9.62. The zero-order valence-electron chi connectivity index (χ0n) is 13.2.